The molecule has 26 heavy (non-hydrogen) atoms. The van der Waals surface area contributed by atoms with Crippen LogP contribution in [-0.4, -0.2) is 16.6 Å². The van der Waals surface area contributed by atoms with Crippen LogP contribution in [0, 0.1) is 12.3 Å². The standard InChI is InChI=1S/C19H18F3NO2S/c1-10-4-5-11(6-12(10)19(20,21)22)13-9-26-17(23-13)16-14(24)7-18(2,3)8-15(16)25/h4-6,9,16H,7-8H2,1-3H3. The molecule has 1 aromatic carbocycles. The number of aromatic nitrogens is 1. The van der Waals surface area contributed by atoms with Crippen molar-refractivity contribution in [3.8, 4) is 11.3 Å². The molecular weight excluding hydrogens is 363 g/mol. The van der Waals surface area contributed by atoms with Crippen LogP contribution >= 0.6 is 11.3 Å². The fraction of sp³-hybridized carbons (Fsp3) is 0.421. The molecule has 0 aliphatic heterocycles. The number of ketones is 2. The van der Waals surface area contributed by atoms with Crippen LogP contribution in [0.15, 0.2) is 23.6 Å². The number of aryl methyl sites for hydroxylation is 1. The molecule has 138 valence electrons. The number of benzene rings is 1. The maximum Gasteiger partial charge on any atom is 0.416 e. The fourth-order valence-electron chi connectivity index (χ4n) is 3.30. The zero-order valence-electron chi connectivity index (χ0n) is 14.6. The molecule has 2 aromatic rings. The highest BCUT2D eigenvalue weighted by Gasteiger charge is 2.42. The molecule has 0 amide bonds. The summed E-state index contributed by atoms with van der Waals surface area (Å²) in [6.45, 7) is 5.15. The molecule has 0 spiro atoms. The number of nitrogens with zero attached hydrogens (tertiary/aromatic N) is 1. The number of halogens is 3. The second-order valence-electron chi connectivity index (χ2n) is 7.48. The van der Waals surface area contributed by atoms with Crippen LogP contribution in [0.1, 0.15) is 48.7 Å². The van der Waals surface area contributed by atoms with E-state index in [0.29, 0.717) is 29.1 Å². The van der Waals surface area contributed by atoms with Gasteiger partial charge in [0.25, 0.3) is 0 Å². The van der Waals surface area contributed by atoms with Crippen molar-refractivity contribution in [2.45, 2.75) is 45.7 Å². The van der Waals surface area contributed by atoms with Crippen molar-refractivity contribution >= 4 is 22.9 Å². The molecule has 1 aliphatic carbocycles. The molecule has 0 saturated heterocycles. The second kappa shape index (κ2) is 6.30. The van der Waals surface area contributed by atoms with E-state index in [0.717, 1.165) is 17.4 Å². The lowest BCUT2D eigenvalue weighted by Crippen LogP contribution is -2.36. The molecule has 1 aliphatic rings. The summed E-state index contributed by atoms with van der Waals surface area (Å²) in [6, 6.07) is 4.02. The van der Waals surface area contributed by atoms with Gasteiger partial charge < -0.3 is 0 Å². The van der Waals surface area contributed by atoms with Gasteiger partial charge in [-0.05, 0) is 24.0 Å². The van der Waals surface area contributed by atoms with Gasteiger partial charge in [-0.25, -0.2) is 4.98 Å². The molecule has 1 fully saturated rings. The molecule has 0 N–H and O–H groups in total. The number of carbonyl (C=O) groups is 2. The predicted octanol–water partition coefficient (Wildman–Crippen LogP) is 5.18. The van der Waals surface area contributed by atoms with Gasteiger partial charge in [0.1, 0.15) is 10.9 Å². The van der Waals surface area contributed by atoms with Crippen LogP contribution in [0.25, 0.3) is 11.3 Å². The molecule has 3 rings (SSSR count). The molecule has 0 bridgehead atoms. The van der Waals surface area contributed by atoms with Gasteiger partial charge in [-0.1, -0.05) is 26.0 Å². The summed E-state index contributed by atoms with van der Waals surface area (Å²) in [5.74, 6) is -1.24. The van der Waals surface area contributed by atoms with E-state index in [-0.39, 0.29) is 22.5 Å². The van der Waals surface area contributed by atoms with Crippen molar-refractivity contribution in [3.05, 3.63) is 39.7 Å². The Morgan fingerprint density at radius 3 is 2.35 bits per heavy atom. The fourth-order valence-corrected chi connectivity index (χ4v) is 4.28. The minimum atomic E-state index is -4.44. The van der Waals surface area contributed by atoms with Crippen LogP contribution in [-0.2, 0) is 15.8 Å². The SMILES string of the molecule is Cc1ccc(-c2csc(C3C(=O)CC(C)(C)CC3=O)n2)cc1C(F)(F)F. The number of alkyl halides is 3. The van der Waals surface area contributed by atoms with Gasteiger partial charge in [-0.3, -0.25) is 9.59 Å². The second-order valence-corrected chi connectivity index (χ2v) is 8.37. The Morgan fingerprint density at radius 2 is 1.77 bits per heavy atom. The number of carbonyl (C=O) groups excluding carboxylic acids is 2. The number of thiazole rings is 1. The number of Topliss-reactive ketones (excluding diaryl/α,β-unsaturated/α-hetero) is 2. The highest BCUT2D eigenvalue weighted by molar-refractivity contribution is 7.10. The van der Waals surface area contributed by atoms with E-state index < -0.39 is 17.7 Å². The van der Waals surface area contributed by atoms with Crippen LogP contribution in [0.4, 0.5) is 13.2 Å². The van der Waals surface area contributed by atoms with Crippen LogP contribution in [0.2, 0.25) is 0 Å². The first kappa shape index (κ1) is 18.8. The van der Waals surface area contributed by atoms with Crippen LogP contribution in [0.5, 0.6) is 0 Å². The van der Waals surface area contributed by atoms with Gasteiger partial charge in [0, 0.05) is 23.8 Å². The van der Waals surface area contributed by atoms with Crippen LogP contribution < -0.4 is 0 Å². The molecule has 3 nitrogen and oxygen atoms in total. The van der Waals surface area contributed by atoms with E-state index in [4.69, 9.17) is 0 Å². The van der Waals surface area contributed by atoms with Gasteiger partial charge in [-0.15, -0.1) is 11.3 Å². The first-order valence-electron chi connectivity index (χ1n) is 8.17. The van der Waals surface area contributed by atoms with Crippen molar-refractivity contribution in [1.29, 1.82) is 0 Å². The average Bonchev–Trinajstić information content (AvgIpc) is 2.93. The Morgan fingerprint density at radius 1 is 1.15 bits per heavy atom. The third-order valence-electron chi connectivity index (χ3n) is 4.56. The molecule has 0 atom stereocenters. The van der Waals surface area contributed by atoms with Gasteiger partial charge in [-0.2, -0.15) is 13.2 Å². The highest BCUT2D eigenvalue weighted by atomic mass is 32.1. The summed E-state index contributed by atoms with van der Waals surface area (Å²) >= 11 is 1.14. The Bertz CT molecular complexity index is 863. The maximum atomic E-state index is 13.1. The van der Waals surface area contributed by atoms with E-state index >= 15 is 0 Å². The molecule has 7 heteroatoms. The monoisotopic (exact) mass is 381 g/mol. The molecule has 0 radical (unpaired) electrons. The van der Waals surface area contributed by atoms with Crippen molar-refractivity contribution in [2.75, 3.05) is 0 Å². The van der Waals surface area contributed by atoms with E-state index in [1.165, 1.54) is 13.0 Å². The number of hydrogen-bond donors (Lipinski definition) is 0. The zero-order valence-corrected chi connectivity index (χ0v) is 15.4. The van der Waals surface area contributed by atoms with Gasteiger partial charge in [0.15, 0.2) is 11.6 Å². The summed E-state index contributed by atoms with van der Waals surface area (Å²) in [5.41, 5.74) is -0.265. The van der Waals surface area contributed by atoms with Crippen molar-refractivity contribution < 1.29 is 22.8 Å². The zero-order chi connectivity index (χ0) is 19.3. The number of rotatable bonds is 2. The maximum absolute atomic E-state index is 13.1. The molecule has 1 aromatic heterocycles. The molecular formula is C19H18F3NO2S. The molecule has 1 saturated carbocycles. The minimum Gasteiger partial charge on any atom is -0.298 e. The lowest BCUT2D eigenvalue weighted by atomic mass is 9.72. The largest absolute Gasteiger partial charge is 0.416 e. The quantitative estimate of drug-likeness (QED) is 0.674. The van der Waals surface area contributed by atoms with Crippen molar-refractivity contribution in [3.63, 3.8) is 0 Å². The van der Waals surface area contributed by atoms with E-state index in [9.17, 15) is 22.8 Å². The Labute approximate surface area is 153 Å². The first-order valence-corrected chi connectivity index (χ1v) is 9.05. The van der Waals surface area contributed by atoms with E-state index in [1.54, 1.807) is 11.4 Å². The smallest absolute Gasteiger partial charge is 0.298 e. The number of hydrogen-bond acceptors (Lipinski definition) is 4. The van der Waals surface area contributed by atoms with Gasteiger partial charge in [0.05, 0.1) is 11.3 Å². The Balaban J connectivity index is 1.94. The average molecular weight is 381 g/mol. The predicted molar refractivity (Wildman–Crippen MR) is 93.1 cm³/mol. The summed E-state index contributed by atoms with van der Waals surface area (Å²) < 4.78 is 39.3. The van der Waals surface area contributed by atoms with Crippen molar-refractivity contribution in [1.82, 2.24) is 4.98 Å². The summed E-state index contributed by atoms with van der Waals surface area (Å²) in [4.78, 5) is 29.1. The van der Waals surface area contributed by atoms with Crippen LogP contribution in [0.3, 0.4) is 0 Å². The first-order chi connectivity index (χ1) is 12.0. The Kier molecular flexibility index (Phi) is 4.55. The lowest BCUT2D eigenvalue weighted by Gasteiger charge is -2.31. The third kappa shape index (κ3) is 3.58. The molecule has 1 heterocycles. The van der Waals surface area contributed by atoms with Crippen molar-refractivity contribution in [2.24, 2.45) is 5.41 Å². The van der Waals surface area contributed by atoms with Gasteiger partial charge in [0.2, 0.25) is 0 Å². The lowest BCUT2D eigenvalue weighted by molar-refractivity contribution is -0.138. The molecule has 0 unspecified atom stereocenters. The van der Waals surface area contributed by atoms with E-state index in [2.05, 4.69) is 4.98 Å². The minimum absolute atomic E-state index is 0.136. The van der Waals surface area contributed by atoms with E-state index in [1.807, 2.05) is 13.8 Å². The summed E-state index contributed by atoms with van der Waals surface area (Å²) in [6.07, 6.45) is -3.86. The van der Waals surface area contributed by atoms with Gasteiger partial charge >= 0.3 is 6.18 Å². The summed E-state index contributed by atoms with van der Waals surface area (Å²) in [5, 5.41) is 1.96. The Hall–Kier alpha value is -2.02. The topological polar surface area (TPSA) is 47.0 Å². The normalized spacial score (nSPS) is 18.4. The summed E-state index contributed by atoms with van der Waals surface area (Å²) in [7, 11) is 0. The third-order valence-corrected chi connectivity index (χ3v) is 5.47. The highest BCUT2D eigenvalue weighted by Crippen LogP contribution is 2.40.